The molecular weight excluding hydrogens is 394 g/mol. The van der Waals surface area contributed by atoms with E-state index >= 15 is 0 Å². The molecule has 2 aliphatic heterocycles. The Bertz CT molecular complexity index is 731. The van der Waals surface area contributed by atoms with Crippen LogP contribution in [0, 0.1) is 0 Å². The average Bonchev–Trinajstić information content (AvgIpc) is 3.09. The van der Waals surface area contributed by atoms with Crippen LogP contribution in [-0.4, -0.2) is 95.4 Å². The number of oxime groups is 1. The van der Waals surface area contributed by atoms with Crippen molar-refractivity contribution in [1.82, 2.24) is 15.1 Å². The minimum Gasteiger partial charge on any atom is -0.444 e. The van der Waals surface area contributed by atoms with E-state index in [1.165, 1.54) is 23.8 Å². The Morgan fingerprint density at radius 3 is 2.57 bits per heavy atom. The first-order valence-corrected chi connectivity index (χ1v) is 9.82. The number of hydrogen-bond acceptors (Lipinski definition) is 8. The van der Waals surface area contributed by atoms with Gasteiger partial charge in [0.25, 0.3) is 5.91 Å². The van der Waals surface area contributed by atoms with Gasteiger partial charge >= 0.3 is 6.09 Å². The van der Waals surface area contributed by atoms with E-state index in [9.17, 15) is 19.5 Å². The number of aliphatic hydroxyl groups excluding tert-OH is 1. The molecule has 2 aliphatic rings. The highest BCUT2D eigenvalue weighted by molar-refractivity contribution is 6.00. The van der Waals surface area contributed by atoms with Crippen molar-refractivity contribution in [2.45, 2.75) is 63.8 Å². The van der Waals surface area contributed by atoms with E-state index < -0.39 is 35.3 Å². The van der Waals surface area contributed by atoms with Crippen molar-refractivity contribution in [3.8, 4) is 0 Å². The number of aliphatic imine (C=N–C) groups is 1. The highest BCUT2D eigenvalue weighted by atomic mass is 16.6. The second kappa shape index (κ2) is 8.99. The molecule has 3 unspecified atom stereocenters. The number of nitrogens with one attached hydrogen (secondary N) is 1. The molecule has 2 saturated heterocycles. The van der Waals surface area contributed by atoms with Crippen molar-refractivity contribution in [3.63, 3.8) is 0 Å². The van der Waals surface area contributed by atoms with Gasteiger partial charge in [0.2, 0.25) is 11.8 Å². The molecule has 0 aromatic heterocycles. The smallest absolute Gasteiger partial charge is 0.408 e. The number of rotatable bonds is 6. The van der Waals surface area contributed by atoms with Crippen LogP contribution in [-0.2, 0) is 19.2 Å². The van der Waals surface area contributed by atoms with Crippen LogP contribution in [0.1, 0.15) is 40.5 Å². The molecule has 11 heteroatoms. The molecule has 0 aromatic rings. The molecule has 0 saturated carbocycles. The van der Waals surface area contributed by atoms with Crippen LogP contribution >= 0.6 is 0 Å². The van der Waals surface area contributed by atoms with Gasteiger partial charge in [-0.25, -0.2) is 4.79 Å². The summed E-state index contributed by atoms with van der Waals surface area (Å²) in [6, 6.07) is -1.22. The SMILES string of the molecule is C=NO/C(CN1CC2(CCCN2C(=O)C(NC(=O)OC(C)(C)C)C(C)O)C1=O)=N\C. The van der Waals surface area contributed by atoms with Crippen LogP contribution < -0.4 is 5.32 Å². The lowest BCUT2D eigenvalue weighted by Crippen LogP contribution is -2.75. The van der Waals surface area contributed by atoms with Crippen LogP contribution in [0.25, 0.3) is 0 Å². The van der Waals surface area contributed by atoms with E-state index in [4.69, 9.17) is 9.57 Å². The second-order valence-electron chi connectivity index (χ2n) is 8.49. The quantitative estimate of drug-likeness (QED) is 0.269. The van der Waals surface area contributed by atoms with Gasteiger partial charge in [-0.05, 0) is 40.5 Å². The minimum absolute atomic E-state index is 0.119. The lowest BCUT2D eigenvalue weighted by Gasteiger charge is -2.51. The highest BCUT2D eigenvalue weighted by Crippen LogP contribution is 2.39. The number of carbonyl (C=O) groups excluding carboxylic acids is 3. The number of amides is 3. The molecule has 168 valence electrons. The van der Waals surface area contributed by atoms with E-state index in [1.54, 1.807) is 20.8 Å². The molecule has 0 aromatic carbocycles. The average molecular weight is 425 g/mol. The monoisotopic (exact) mass is 425 g/mol. The molecule has 2 heterocycles. The first kappa shape index (κ1) is 23.6. The van der Waals surface area contributed by atoms with E-state index in [-0.39, 0.29) is 18.3 Å². The molecule has 30 heavy (non-hydrogen) atoms. The fraction of sp³-hybridized carbons (Fsp3) is 0.737. The molecule has 2 N–H and O–H groups in total. The molecule has 0 aliphatic carbocycles. The molecule has 2 fully saturated rings. The number of carbonyl (C=O) groups is 3. The number of nitrogens with zero attached hydrogens (tertiary/aromatic N) is 4. The predicted molar refractivity (Wildman–Crippen MR) is 109 cm³/mol. The van der Waals surface area contributed by atoms with Crippen LogP contribution in [0.15, 0.2) is 10.1 Å². The summed E-state index contributed by atoms with van der Waals surface area (Å²) >= 11 is 0. The number of aliphatic hydroxyl groups is 1. The van der Waals surface area contributed by atoms with E-state index in [0.29, 0.717) is 25.9 Å². The van der Waals surface area contributed by atoms with Crippen LogP contribution in [0.3, 0.4) is 0 Å². The van der Waals surface area contributed by atoms with Gasteiger partial charge in [-0.2, -0.15) is 0 Å². The van der Waals surface area contributed by atoms with Gasteiger partial charge in [0, 0.05) is 20.3 Å². The number of hydrogen-bond donors (Lipinski definition) is 2. The van der Waals surface area contributed by atoms with Crippen LogP contribution in [0.2, 0.25) is 0 Å². The van der Waals surface area contributed by atoms with Crippen molar-refractivity contribution in [2.24, 2.45) is 10.1 Å². The first-order chi connectivity index (χ1) is 13.9. The highest BCUT2D eigenvalue weighted by Gasteiger charge is 2.60. The molecule has 11 nitrogen and oxygen atoms in total. The number of ether oxygens (including phenoxy) is 1. The summed E-state index contributed by atoms with van der Waals surface area (Å²) in [6.07, 6.45) is -0.829. The molecule has 0 radical (unpaired) electrons. The normalized spacial score (nSPS) is 23.7. The zero-order valence-electron chi connectivity index (χ0n) is 18.2. The second-order valence-corrected chi connectivity index (χ2v) is 8.49. The fourth-order valence-electron chi connectivity index (χ4n) is 3.74. The van der Waals surface area contributed by atoms with E-state index in [0.717, 1.165) is 0 Å². The maximum absolute atomic E-state index is 13.2. The van der Waals surface area contributed by atoms with Gasteiger partial charge in [-0.1, -0.05) is 5.16 Å². The zero-order chi connectivity index (χ0) is 22.7. The summed E-state index contributed by atoms with van der Waals surface area (Å²) < 4.78 is 5.19. The predicted octanol–water partition coefficient (Wildman–Crippen LogP) is 0.124. The third-order valence-corrected chi connectivity index (χ3v) is 5.06. The van der Waals surface area contributed by atoms with Crippen molar-refractivity contribution < 1.29 is 29.1 Å². The van der Waals surface area contributed by atoms with Gasteiger partial charge < -0.3 is 29.8 Å². The summed E-state index contributed by atoms with van der Waals surface area (Å²) in [5.41, 5.74) is -1.74. The van der Waals surface area contributed by atoms with Crippen molar-refractivity contribution in [3.05, 3.63) is 0 Å². The van der Waals surface area contributed by atoms with Gasteiger partial charge in [-0.3, -0.25) is 14.6 Å². The molecule has 3 atom stereocenters. The zero-order valence-corrected chi connectivity index (χ0v) is 18.2. The molecular formula is C19H31N5O6. The lowest BCUT2D eigenvalue weighted by molar-refractivity contribution is -0.168. The molecule has 1 spiro atoms. The Labute approximate surface area is 176 Å². The first-order valence-electron chi connectivity index (χ1n) is 9.82. The Kier molecular flexibility index (Phi) is 7.06. The maximum Gasteiger partial charge on any atom is 0.408 e. The summed E-state index contributed by atoms with van der Waals surface area (Å²) in [5.74, 6) is -0.518. The minimum atomic E-state index is -1.22. The molecule has 3 amide bonds. The van der Waals surface area contributed by atoms with Gasteiger partial charge in [0.05, 0.1) is 19.2 Å². The van der Waals surface area contributed by atoms with E-state index in [2.05, 4.69) is 22.2 Å². The van der Waals surface area contributed by atoms with Gasteiger partial charge in [-0.15, -0.1) is 0 Å². The van der Waals surface area contributed by atoms with E-state index in [1.807, 2.05) is 0 Å². The van der Waals surface area contributed by atoms with Crippen molar-refractivity contribution in [1.29, 1.82) is 0 Å². The van der Waals surface area contributed by atoms with Gasteiger partial charge in [0.15, 0.2) is 0 Å². The number of β-lactam (4-membered cyclic amide) rings is 1. The summed E-state index contributed by atoms with van der Waals surface area (Å²) in [7, 11) is 1.52. The summed E-state index contributed by atoms with van der Waals surface area (Å²) in [6.45, 7) is 10.5. The number of alkyl carbamates (subject to hydrolysis) is 1. The Balaban J connectivity index is 2.11. The van der Waals surface area contributed by atoms with Crippen LogP contribution in [0.4, 0.5) is 4.79 Å². The topological polar surface area (TPSA) is 133 Å². The number of likely N-dealkylation sites (tertiary alicyclic amines) is 2. The Morgan fingerprint density at radius 2 is 2.07 bits per heavy atom. The fourth-order valence-corrected chi connectivity index (χ4v) is 3.74. The van der Waals surface area contributed by atoms with Crippen molar-refractivity contribution >= 4 is 30.5 Å². The summed E-state index contributed by atoms with van der Waals surface area (Å²) in [5, 5.41) is 15.9. The Morgan fingerprint density at radius 1 is 1.40 bits per heavy atom. The van der Waals surface area contributed by atoms with Gasteiger partial charge in [0.1, 0.15) is 17.2 Å². The largest absolute Gasteiger partial charge is 0.444 e. The molecule has 2 rings (SSSR count). The third kappa shape index (κ3) is 4.89. The lowest BCUT2D eigenvalue weighted by atomic mass is 9.85. The standard InChI is InChI=1S/C19H31N5O6/c1-12(25)14(22-17(28)29-18(2,3)4)15(26)24-9-7-8-19(24)11-23(16(19)27)10-13(20-5)30-21-6/h12,14,25H,6-11H2,1-5H3,(H,22,28)/b20-13-. The maximum atomic E-state index is 13.2. The van der Waals surface area contributed by atoms with Crippen LogP contribution in [0.5, 0.6) is 0 Å². The molecule has 0 bridgehead atoms. The van der Waals surface area contributed by atoms with Crippen molar-refractivity contribution in [2.75, 3.05) is 26.7 Å². The Hall–Kier alpha value is -2.69. The third-order valence-electron chi connectivity index (χ3n) is 5.06. The summed E-state index contributed by atoms with van der Waals surface area (Å²) in [4.78, 5) is 50.1.